The van der Waals surface area contributed by atoms with E-state index in [0.29, 0.717) is 83.6 Å². The second kappa shape index (κ2) is 54.1. The summed E-state index contributed by atoms with van der Waals surface area (Å²) in [5.74, 6) is -2.63. The summed E-state index contributed by atoms with van der Waals surface area (Å²) in [5.41, 5.74) is -3.39. The van der Waals surface area contributed by atoms with E-state index in [4.69, 9.17) is 84.2 Å². The van der Waals surface area contributed by atoms with Gasteiger partial charge in [0.25, 0.3) is 0 Å². The van der Waals surface area contributed by atoms with Crippen molar-refractivity contribution in [1.29, 1.82) is 0 Å². The Kier molecular flexibility index (Phi) is 56.8. The smallest absolute Gasteiger partial charge is 0.333 e. The minimum atomic E-state index is -1.28. The maximum absolute atomic E-state index is 11.7. The van der Waals surface area contributed by atoms with Gasteiger partial charge in [-0.2, -0.15) is 0 Å². The molecule has 0 atom stereocenters. The first-order chi connectivity index (χ1) is 39.3. The van der Waals surface area contributed by atoms with Gasteiger partial charge in [-0.3, -0.25) is 19.2 Å². The first-order valence-corrected chi connectivity index (χ1v) is 27.0. The van der Waals surface area contributed by atoms with E-state index in [2.05, 4.69) is 48.4 Å². The van der Waals surface area contributed by atoms with Crippen molar-refractivity contribution >= 4 is 29.8 Å². The molecule has 0 saturated heterocycles. The molecule has 0 bridgehead atoms. The van der Waals surface area contributed by atoms with Gasteiger partial charge in [-0.05, 0) is 66.8 Å². The maximum atomic E-state index is 11.7. The lowest BCUT2D eigenvalue weighted by atomic mass is 9.87. The standard InChI is InChI=1S/C13H24O6.C12H23NO4.C12H22O6.C11H20O6.C8H15NO3/c1-4-13(9-14,10-15)12(16)17-6-5-7-18-19-8-11(2)3;1-4-12(8-14,9-15)13-6-5-7-17-11(16)10(2)3;1-3-6-17-18-8-5-7-16-11(15)12(4-2,9-13)10-14;1-9(2)6-17-16-5-4-15-10(14)11(3,7-12)8-13;1-3-4-9-7(12)8(2,5-10)6-11/h14-15H,2,4-10H2,1,3H3;13-15H,2,4-9H2,1,3H3;3,13-14H,1,4-10H2,2H3;12-13H,1,4-8H2,2-3H3;3,10-11H,1,4-6H2,2H3,(H,9,12). The molecule has 0 radical (unpaired) electrons. The summed E-state index contributed by atoms with van der Waals surface area (Å²) in [5, 5.41) is 96.0. The van der Waals surface area contributed by atoms with Crippen LogP contribution in [0, 0.1) is 21.7 Å². The number of nitrogens with one attached hydrogen (secondary N) is 2. The van der Waals surface area contributed by atoms with Gasteiger partial charge < -0.3 is 80.6 Å². The van der Waals surface area contributed by atoms with Crippen molar-refractivity contribution < 1.29 is 123 Å². The highest BCUT2D eigenvalue weighted by molar-refractivity contribution is 5.87. The molecule has 0 saturated carbocycles. The first kappa shape index (κ1) is 87.1. The molecule has 0 aliphatic rings. The molecule has 488 valence electrons. The molecule has 0 aliphatic carbocycles. The fourth-order valence-corrected chi connectivity index (χ4v) is 4.84. The quantitative estimate of drug-likeness (QED) is 0.00763. The van der Waals surface area contributed by atoms with Gasteiger partial charge in [0.05, 0.1) is 110 Å². The van der Waals surface area contributed by atoms with Crippen LogP contribution in [0.3, 0.4) is 0 Å². The second-order valence-electron chi connectivity index (χ2n) is 19.4. The van der Waals surface area contributed by atoms with Crippen molar-refractivity contribution in [2.75, 3.05) is 145 Å². The summed E-state index contributed by atoms with van der Waals surface area (Å²) in [7, 11) is 0. The second-order valence-corrected chi connectivity index (χ2v) is 19.4. The van der Waals surface area contributed by atoms with Crippen molar-refractivity contribution in [1.82, 2.24) is 10.6 Å². The lowest BCUT2D eigenvalue weighted by molar-refractivity contribution is -0.292. The van der Waals surface area contributed by atoms with Crippen LogP contribution in [0.1, 0.15) is 93.9 Å². The molecule has 0 spiro atoms. The summed E-state index contributed by atoms with van der Waals surface area (Å²) in [6.07, 6.45) is 5.92. The van der Waals surface area contributed by atoms with Crippen LogP contribution in [0.4, 0.5) is 0 Å². The van der Waals surface area contributed by atoms with E-state index in [1.165, 1.54) is 19.9 Å². The summed E-state index contributed by atoms with van der Waals surface area (Å²) in [6, 6.07) is 0. The molecule has 0 aliphatic heterocycles. The van der Waals surface area contributed by atoms with Gasteiger partial charge in [0, 0.05) is 25.0 Å². The molecular formula is C56H104N2O25. The van der Waals surface area contributed by atoms with Crippen LogP contribution in [0.5, 0.6) is 0 Å². The largest absolute Gasteiger partial charge is 0.465 e. The zero-order valence-corrected chi connectivity index (χ0v) is 50.6. The Bertz CT molecular complexity index is 1720. The summed E-state index contributed by atoms with van der Waals surface area (Å²) in [4.78, 5) is 85.6. The number of aliphatic hydroxyl groups is 10. The zero-order valence-electron chi connectivity index (χ0n) is 50.6. The average Bonchev–Trinajstić information content (AvgIpc) is 3.49. The van der Waals surface area contributed by atoms with E-state index in [1.807, 2.05) is 13.8 Å². The van der Waals surface area contributed by atoms with Crippen LogP contribution in [0.15, 0.2) is 61.8 Å². The van der Waals surface area contributed by atoms with E-state index in [0.717, 1.165) is 11.1 Å². The molecule has 12 N–H and O–H groups in total. The molecular weight excluding hydrogens is 1100 g/mol. The monoisotopic (exact) mass is 1200 g/mol. The lowest BCUT2D eigenvalue weighted by Crippen LogP contribution is -2.51. The van der Waals surface area contributed by atoms with E-state index >= 15 is 0 Å². The van der Waals surface area contributed by atoms with Gasteiger partial charge in [-0.15, -0.1) is 13.2 Å². The predicted octanol–water partition coefficient (Wildman–Crippen LogP) is 0.803. The molecule has 1 amide bonds. The summed E-state index contributed by atoms with van der Waals surface area (Å²) in [6.45, 7) is 30.4. The first-order valence-electron chi connectivity index (χ1n) is 27.0. The van der Waals surface area contributed by atoms with Gasteiger partial charge in [0.1, 0.15) is 49.3 Å². The van der Waals surface area contributed by atoms with Crippen LogP contribution in [0.25, 0.3) is 0 Å². The molecule has 0 aromatic heterocycles. The molecule has 27 heteroatoms. The minimum absolute atomic E-state index is 0.00931. The number of aliphatic hydroxyl groups excluding tert-OH is 10. The van der Waals surface area contributed by atoms with Gasteiger partial charge in [0.2, 0.25) is 5.91 Å². The number of ether oxygens (including phenoxy) is 4. The average molecular weight is 1210 g/mol. The number of carbonyl (C=O) groups excluding carboxylic acids is 5. The predicted molar refractivity (Wildman–Crippen MR) is 305 cm³/mol. The molecule has 0 unspecified atom stereocenters. The van der Waals surface area contributed by atoms with Crippen LogP contribution in [0.2, 0.25) is 0 Å². The lowest BCUT2D eigenvalue weighted by Gasteiger charge is -2.29. The molecule has 0 aromatic rings. The molecule has 27 nitrogen and oxygen atoms in total. The van der Waals surface area contributed by atoms with Crippen molar-refractivity contribution in [3.8, 4) is 0 Å². The SMILES string of the molecule is C=C(C)C(=O)OCCCNC(CC)(CO)CO.C=C(C)COOCCCOC(=O)C(CC)(CO)CO.C=C(C)COOCCOC(=O)C(C)(CO)CO.C=CCNC(=O)C(C)(CO)CO.C=CCOOCCCOC(=O)C(CC)(CO)CO. The van der Waals surface area contributed by atoms with Crippen molar-refractivity contribution in [2.24, 2.45) is 21.7 Å². The van der Waals surface area contributed by atoms with Gasteiger partial charge in [0.15, 0.2) is 0 Å². The van der Waals surface area contributed by atoms with E-state index in [9.17, 15) is 34.2 Å². The normalized spacial score (nSPS) is 11.3. The Morgan fingerprint density at radius 2 is 0.867 bits per heavy atom. The Morgan fingerprint density at radius 3 is 1.22 bits per heavy atom. The van der Waals surface area contributed by atoms with E-state index in [-0.39, 0.29) is 72.0 Å². The van der Waals surface area contributed by atoms with Gasteiger partial charge in [-0.25, -0.2) is 34.1 Å². The van der Waals surface area contributed by atoms with Crippen molar-refractivity contribution in [2.45, 2.75) is 99.5 Å². The van der Waals surface area contributed by atoms with Gasteiger partial charge in [-0.1, -0.05) is 63.8 Å². The fourth-order valence-electron chi connectivity index (χ4n) is 4.84. The molecule has 0 rings (SSSR count). The Labute approximate surface area is 490 Å². The van der Waals surface area contributed by atoms with Crippen LogP contribution in [-0.4, -0.2) is 232 Å². The van der Waals surface area contributed by atoms with Gasteiger partial charge >= 0.3 is 23.9 Å². The molecule has 0 heterocycles. The molecule has 0 aromatic carbocycles. The summed E-state index contributed by atoms with van der Waals surface area (Å²) >= 11 is 0. The van der Waals surface area contributed by atoms with E-state index in [1.54, 1.807) is 33.8 Å². The number of hydrogen-bond acceptors (Lipinski definition) is 26. The zero-order chi connectivity index (χ0) is 64.8. The number of amides is 1. The summed E-state index contributed by atoms with van der Waals surface area (Å²) < 4.78 is 19.7. The minimum Gasteiger partial charge on any atom is -0.465 e. The van der Waals surface area contributed by atoms with Crippen LogP contribution < -0.4 is 10.6 Å². The number of carbonyl (C=O) groups is 5. The topological polar surface area (TPSA) is 404 Å². The highest BCUT2D eigenvalue weighted by Gasteiger charge is 2.38. The van der Waals surface area contributed by atoms with Crippen LogP contribution >= 0.6 is 0 Å². The maximum Gasteiger partial charge on any atom is 0.333 e. The highest BCUT2D eigenvalue weighted by Crippen LogP contribution is 2.24. The highest BCUT2D eigenvalue weighted by atomic mass is 17.2. The third-order valence-electron chi connectivity index (χ3n) is 11.6. The van der Waals surface area contributed by atoms with Crippen molar-refractivity contribution in [3.05, 3.63) is 61.8 Å². The Morgan fingerprint density at radius 1 is 0.458 bits per heavy atom. The fraction of sp³-hybridized carbons (Fsp3) is 0.732. The van der Waals surface area contributed by atoms with Crippen LogP contribution in [-0.2, 0) is 72.2 Å². The molecule has 83 heavy (non-hydrogen) atoms. The third kappa shape index (κ3) is 41.1. The Hall–Kier alpha value is -4.63. The number of esters is 4. The van der Waals surface area contributed by atoms with Crippen molar-refractivity contribution in [3.63, 3.8) is 0 Å². The van der Waals surface area contributed by atoms with E-state index < -0.39 is 90.7 Å². The number of rotatable bonds is 45. The number of hydrogen-bond donors (Lipinski definition) is 12. The third-order valence-corrected chi connectivity index (χ3v) is 11.6. The molecule has 0 fully saturated rings. The Balaban J connectivity index is -0.000000307.